The molecule has 5 nitrogen and oxygen atoms in total. The number of aliphatic imine (C=N–C) groups is 1. The van der Waals surface area contributed by atoms with Crippen LogP contribution < -0.4 is 10.8 Å². The average Bonchev–Trinajstić information content (AvgIpc) is 2.76. The largest absolute Gasteiger partial charge is 0.495 e. The molecule has 0 aromatic heterocycles. The zero-order chi connectivity index (χ0) is 18.2. The van der Waals surface area contributed by atoms with E-state index in [9.17, 15) is 4.79 Å². The number of benzene rings is 1. The van der Waals surface area contributed by atoms with E-state index in [0.29, 0.717) is 17.9 Å². The van der Waals surface area contributed by atoms with Gasteiger partial charge in [0.1, 0.15) is 5.84 Å². The van der Waals surface area contributed by atoms with E-state index >= 15 is 0 Å². The van der Waals surface area contributed by atoms with Crippen molar-refractivity contribution in [3.8, 4) is 0 Å². The van der Waals surface area contributed by atoms with Gasteiger partial charge >= 0.3 is 7.12 Å². The van der Waals surface area contributed by atoms with Gasteiger partial charge in [-0.05, 0) is 64.7 Å². The zero-order valence-electron chi connectivity index (χ0n) is 15.6. The van der Waals surface area contributed by atoms with E-state index in [4.69, 9.17) is 9.31 Å². The lowest BCUT2D eigenvalue weighted by atomic mass is 9.76. The van der Waals surface area contributed by atoms with Gasteiger partial charge in [-0.25, -0.2) is 0 Å². The maximum absolute atomic E-state index is 12.4. The summed E-state index contributed by atoms with van der Waals surface area (Å²) in [6.07, 6.45) is 4.77. The lowest BCUT2D eigenvalue weighted by Gasteiger charge is -2.32. The molecule has 3 rings (SSSR count). The fourth-order valence-corrected chi connectivity index (χ4v) is 2.83. The van der Waals surface area contributed by atoms with Crippen LogP contribution in [0.1, 0.15) is 50.0 Å². The third-order valence-corrected chi connectivity index (χ3v) is 5.13. The predicted molar refractivity (Wildman–Crippen MR) is 100 cm³/mol. The van der Waals surface area contributed by atoms with Gasteiger partial charge in [0, 0.05) is 12.1 Å². The molecule has 0 aliphatic carbocycles. The van der Waals surface area contributed by atoms with Gasteiger partial charge in [-0.15, -0.1) is 0 Å². The third-order valence-electron chi connectivity index (χ3n) is 5.13. The van der Waals surface area contributed by atoms with Crippen LogP contribution >= 0.6 is 0 Å². The Bertz CT molecular complexity index is 737. The molecule has 2 heterocycles. The number of aryl methyl sites for hydroxylation is 1. The number of rotatable bonds is 2. The first kappa shape index (κ1) is 17.9. The molecule has 0 unspecified atom stereocenters. The van der Waals surface area contributed by atoms with Crippen molar-refractivity contribution in [1.82, 2.24) is 5.32 Å². The van der Waals surface area contributed by atoms with E-state index in [1.807, 2.05) is 58.9 Å². The number of carbonyl (C=O) groups excluding carboxylic acids is 1. The second kappa shape index (κ2) is 6.43. The summed E-state index contributed by atoms with van der Waals surface area (Å²) < 4.78 is 12.2. The molecule has 0 spiro atoms. The fourth-order valence-electron chi connectivity index (χ4n) is 2.83. The molecule has 0 saturated carbocycles. The molecular weight excluding hydrogens is 315 g/mol. The van der Waals surface area contributed by atoms with Crippen LogP contribution in [0.2, 0.25) is 0 Å². The van der Waals surface area contributed by atoms with E-state index in [0.717, 1.165) is 17.4 Å². The Morgan fingerprint density at radius 1 is 1.20 bits per heavy atom. The smallest absolute Gasteiger partial charge is 0.399 e. The minimum Gasteiger partial charge on any atom is -0.399 e. The van der Waals surface area contributed by atoms with Crippen molar-refractivity contribution in [2.24, 2.45) is 4.99 Å². The van der Waals surface area contributed by atoms with Crippen molar-refractivity contribution >= 4 is 24.3 Å². The second-order valence-corrected chi connectivity index (χ2v) is 7.57. The summed E-state index contributed by atoms with van der Waals surface area (Å²) in [5, 5.41) is 2.84. The molecule has 1 aromatic carbocycles. The number of nitrogens with one attached hydrogen (secondary N) is 1. The van der Waals surface area contributed by atoms with Crippen molar-refractivity contribution < 1.29 is 14.1 Å². The summed E-state index contributed by atoms with van der Waals surface area (Å²) in [5.41, 5.74) is 1.74. The number of nitrogens with zero attached hydrogens (tertiary/aromatic N) is 1. The van der Waals surface area contributed by atoms with Crippen LogP contribution in [0.3, 0.4) is 0 Å². The molecular formula is C19H25BN2O3. The minimum atomic E-state index is -0.423. The highest BCUT2D eigenvalue weighted by molar-refractivity contribution is 6.62. The first-order valence-corrected chi connectivity index (χ1v) is 8.68. The molecule has 0 radical (unpaired) electrons. The lowest BCUT2D eigenvalue weighted by Crippen LogP contribution is -2.41. The van der Waals surface area contributed by atoms with Crippen molar-refractivity contribution in [2.45, 2.75) is 52.2 Å². The molecule has 1 saturated heterocycles. The summed E-state index contributed by atoms with van der Waals surface area (Å²) in [6, 6.07) is 5.57. The molecule has 1 fully saturated rings. The van der Waals surface area contributed by atoms with Crippen LogP contribution in [-0.4, -0.2) is 36.6 Å². The topological polar surface area (TPSA) is 59.9 Å². The van der Waals surface area contributed by atoms with Crippen molar-refractivity contribution in [2.75, 3.05) is 6.54 Å². The quantitative estimate of drug-likeness (QED) is 0.841. The Kier molecular flexibility index (Phi) is 4.60. The molecule has 0 bridgehead atoms. The molecule has 2 aliphatic heterocycles. The number of hydrogen-bond acceptors (Lipinski definition) is 4. The molecule has 1 N–H and O–H groups in total. The zero-order valence-corrected chi connectivity index (χ0v) is 15.6. The maximum Gasteiger partial charge on any atom is 0.495 e. The van der Waals surface area contributed by atoms with Gasteiger partial charge in [-0.3, -0.25) is 9.79 Å². The van der Waals surface area contributed by atoms with Crippen LogP contribution in [-0.2, 0) is 9.31 Å². The van der Waals surface area contributed by atoms with Gasteiger partial charge in [0.25, 0.3) is 5.91 Å². The standard InChI is InChI=1S/C19H25BN2O3/c1-13-12-14(17(23)22-16-8-6-7-11-21-16)9-10-15(13)20-24-18(2,3)19(4,5)25-20/h6,8-10,12H,7,11H2,1-5H3,(H,21,22,23). The predicted octanol–water partition coefficient (Wildman–Crippen LogP) is 2.38. The number of amides is 1. The Morgan fingerprint density at radius 3 is 2.44 bits per heavy atom. The SMILES string of the molecule is Cc1cc(C(=O)NC2=NCCC=C2)ccc1B1OC(C)(C)C(C)(C)O1. The molecule has 2 aliphatic rings. The first-order chi connectivity index (χ1) is 11.7. The van der Waals surface area contributed by atoms with Gasteiger partial charge in [0.15, 0.2) is 0 Å². The Labute approximate surface area is 149 Å². The number of amidine groups is 1. The van der Waals surface area contributed by atoms with Gasteiger partial charge in [-0.2, -0.15) is 0 Å². The first-order valence-electron chi connectivity index (χ1n) is 8.68. The molecule has 132 valence electrons. The Hall–Kier alpha value is -1.92. The molecule has 25 heavy (non-hydrogen) atoms. The lowest BCUT2D eigenvalue weighted by molar-refractivity contribution is 0.00578. The monoisotopic (exact) mass is 340 g/mol. The average molecular weight is 340 g/mol. The summed E-state index contributed by atoms with van der Waals surface area (Å²) in [5.74, 6) is 0.456. The van der Waals surface area contributed by atoms with Crippen molar-refractivity contribution in [3.05, 3.63) is 41.5 Å². The van der Waals surface area contributed by atoms with Crippen molar-refractivity contribution in [1.29, 1.82) is 0 Å². The molecule has 1 amide bonds. The van der Waals surface area contributed by atoms with E-state index < -0.39 is 7.12 Å². The highest BCUT2D eigenvalue weighted by Gasteiger charge is 2.52. The summed E-state index contributed by atoms with van der Waals surface area (Å²) in [6.45, 7) is 10.8. The van der Waals surface area contributed by atoms with Crippen LogP contribution in [0.4, 0.5) is 0 Å². The van der Waals surface area contributed by atoms with Crippen LogP contribution in [0, 0.1) is 6.92 Å². The van der Waals surface area contributed by atoms with Gasteiger partial charge < -0.3 is 14.6 Å². The molecule has 0 atom stereocenters. The van der Waals surface area contributed by atoms with Crippen LogP contribution in [0.15, 0.2) is 35.3 Å². The van der Waals surface area contributed by atoms with Crippen molar-refractivity contribution in [3.63, 3.8) is 0 Å². The van der Waals surface area contributed by atoms with E-state index in [2.05, 4.69) is 10.3 Å². The van der Waals surface area contributed by atoms with Gasteiger partial charge in [-0.1, -0.05) is 17.7 Å². The second-order valence-electron chi connectivity index (χ2n) is 7.57. The van der Waals surface area contributed by atoms with E-state index in [-0.39, 0.29) is 17.1 Å². The molecule has 6 heteroatoms. The van der Waals surface area contributed by atoms with E-state index in [1.165, 1.54) is 0 Å². The summed E-state index contributed by atoms with van der Waals surface area (Å²) >= 11 is 0. The summed E-state index contributed by atoms with van der Waals surface area (Å²) in [4.78, 5) is 16.7. The van der Waals surface area contributed by atoms with Gasteiger partial charge in [0.05, 0.1) is 11.2 Å². The number of dihydropyridines is 1. The number of carbonyl (C=O) groups is 1. The van der Waals surface area contributed by atoms with Gasteiger partial charge in [0.2, 0.25) is 0 Å². The fraction of sp³-hybridized carbons (Fsp3) is 0.474. The Balaban J connectivity index is 1.76. The van der Waals surface area contributed by atoms with Crippen LogP contribution in [0.25, 0.3) is 0 Å². The third kappa shape index (κ3) is 3.55. The Morgan fingerprint density at radius 2 is 1.88 bits per heavy atom. The minimum absolute atomic E-state index is 0.158. The number of hydrogen-bond donors (Lipinski definition) is 1. The normalized spacial score (nSPS) is 21.2. The highest BCUT2D eigenvalue weighted by atomic mass is 16.7. The summed E-state index contributed by atoms with van der Waals surface area (Å²) in [7, 11) is -0.423. The maximum atomic E-state index is 12.4. The highest BCUT2D eigenvalue weighted by Crippen LogP contribution is 2.36. The molecule has 1 aromatic rings. The van der Waals surface area contributed by atoms with E-state index in [1.54, 1.807) is 6.07 Å². The van der Waals surface area contributed by atoms with Crippen LogP contribution in [0.5, 0.6) is 0 Å².